The number of hydrogen-bond acceptors (Lipinski definition) is 2. The van der Waals surface area contributed by atoms with E-state index in [1.807, 2.05) is 6.20 Å². The van der Waals surface area contributed by atoms with Gasteiger partial charge in [0, 0.05) is 42.2 Å². The van der Waals surface area contributed by atoms with Gasteiger partial charge in [0.15, 0.2) is 0 Å². The summed E-state index contributed by atoms with van der Waals surface area (Å²) >= 11 is 8.22. The van der Waals surface area contributed by atoms with Crippen LogP contribution in [0, 0.1) is 0 Å². The predicted molar refractivity (Wildman–Crippen MR) is 78.3 cm³/mol. The van der Waals surface area contributed by atoms with Crippen molar-refractivity contribution in [1.82, 2.24) is 8.96 Å². The Kier molecular flexibility index (Phi) is 3.06. The highest BCUT2D eigenvalue weighted by atomic mass is 127. The minimum atomic E-state index is 0.533. The smallest absolute Gasteiger partial charge is 0.0894 e. The van der Waals surface area contributed by atoms with Crippen molar-refractivity contribution in [1.29, 1.82) is 0 Å². The molecule has 2 heterocycles. The minimum absolute atomic E-state index is 0.533. The third-order valence-corrected chi connectivity index (χ3v) is 4.98. The molecule has 0 unspecified atom stereocenters. The summed E-state index contributed by atoms with van der Waals surface area (Å²) in [7, 11) is 1.66. The normalized spacial score (nSPS) is 15.9. The van der Waals surface area contributed by atoms with Crippen LogP contribution in [0.15, 0.2) is 18.3 Å². The van der Waals surface area contributed by atoms with Gasteiger partial charge in [-0.15, -0.1) is 11.6 Å². The molecule has 0 aliphatic heterocycles. The summed E-state index contributed by atoms with van der Waals surface area (Å²) in [5.41, 5.74) is 4.73. The van der Waals surface area contributed by atoms with Crippen LogP contribution in [0.2, 0.25) is 0 Å². The zero-order chi connectivity index (χ0) is 11.1. The number of alkyl halides is 1. The van der Waals surface area contributed by atoms with Crippen molar-refractivity contribution in [2.45, 2.75) is 24.6 Å². The third kappa shape index (κ3) is 1.84. The molecule has 5 heteroatoms. The molecule has 0 radical (unpaired) electrons. The summed E-state index contributed by atoms with van der Waals surface area (Å²) < 4.78 is 2.17. The molecule has 0 bridgehead atoms. The molecule has 0 saturated heterocycles. The minimum Gasteiger partial charge on any atom is -0.276 e. The molecule has 2 nitrogen and oxygen atoms in total. The summed E-state index contributed by atoms with van der Waals surface area (Å²) in [6.45, 7) is 0. The number of rotatable bonds is 3. The fourth-order valence-corrected chi connectivity index (χ4v) is 4.03. The van der Waals surface area contributed by atoms with Crippen molar-refractivity contribution in [3.8, 4) is 0 Å². The lowest BCUT2D eigenvalue weighted by atomic mass is 10.2. The van der Waals surface area contributed by atoms with Gasteiger partial charge in [0.1, 0.15) is 0 Å². The van der Waals surface area contributed by atoms with E-state index in [9.17, 15) is 0 Å². The lowest BCUT2D eigenvalue weighted by Gasteiger charge is -2.03. The monoisotopic (exact) mass is 364 g/mol. The Balaban J connectivity index is 2.19. The second kappa shape index (κ2) is 4.38. The topological polar surface area (TPSA) is 17.8 Å². The van der Waals surface area contributed by atoms with Crippen molar-refractivity contribution in [3.63, 3.8) is 0 Å². The van der Waals surface area contributed by atoms with Crippen LogP contribution in [0.25, 0.3) is 11.0 Å². The van der Waals surface area contributed by atoms with Crippen molar-refractivity contribution in [2.75, 3.05) is 0 Å². The standard InChI is InChI=1S/C11H10ClIN2S/c12-5-9-4-10-11(15(9)16-13)3-8(6-14-10)7-1-2-7/h3-4,6-7H,1-2,5H2. The molecule has 0 aromatic carbocycles. The van der Waals surface area contributed by atoms with Crippen LogP contribution in [0.4, 0.5) is 0 Å². The predicted octanol–water partition coefficient (Wildman–Crippen LogP) is 4.50. The van der Waals surface area contributed by atoms with Crippen LogP contribution >= 0.6 is 41.9 Å². The summed E-state index contributed by atoms with van der Waals surface area (Å²) in [5.74, 6) is 1.28. The van der Waals surface area contributed by atoms with E-state index in [0.29, 0.717) is 5.88 Å². The second-order valence-electron chi connectivity index (χ2n) is 4.08. The van der Waals surface area contributed by atoms with Gasteiger partial charge < -0.3 is 0 Å². The molecular weight excluding hydrogens is 355 g/mol. The van der Waals surface area contributed by atoms with Gasteiger partial charge in [-0.2, -0.15) is 0 Å². The SMILES string of the molecule is ClCc1cc2ncc(C3CC3)cc2n1SI. The van der Waals surface area contributed by atoms with Crippen LogP contribution in [0.3, 0.4) is 0 Å². The number of nitrogens with zero attached hydrogens (tertiary/aromatic N) is 2. The molecule has 84 valence electrons. The maximum atomic E-state index is 5.93. The van der Waals surface area contributed by atoms with E-state index < -0.39 is 0 Å². The Hall–Kier alpha value is 0.0600. The largest absolute Gasteiger partial charge is 0.276 e. The summed E-state index contributed by atoms with van der Waals surface area (Å²) in [4.78, 5) is 4.52. The fourth-order valence-electron chi connectivity index (χ4n) is 1.94. The molecule has 16 heavy (non-hydrogen) atoms. The van der Waals surface area contributed by atoms with Crippen molar-refractivity contribution >= 4 is 53.0 Å². The summed E-state index contributed by atoms with van der Waals surface area (Å²) in [6, 6.07) is 4.34. The molecule has 1 aliphatic rings. The van der Waals surface area contributed by atoms with Gasteiger partial charge in [0.2, 0.25) is 0 Å². The average Bonchev–Trinajstić information content (AvgIpc) is 3.09. The second-order valence-corrected chi connectivity index (χ2v) is 6.03. The molecule has 1 aliphatic carbocycles. The van der Waals surface area contributed by atoms with Gasteiger partial charge in [-0.1, -0.05) is 0 Å². The number of aromatic nitrogens is 2. The van der Waals surface area contributed by atoms with E-state index in [1.165, 1.54) is 23.9 Å². The molecule has 3 rings (SSSR count). The fraction of sp³-hybridized carbons (Fsp3) is 0.364. The Labute approximate surface area is 115 Å². The van der Waals surface area contributed by atoms with Gasteiger partial charge in [0.25, 0.3) is 0 Å². The third-order valence-electron chi connectivity index (χ3n) is 2.96. The number of pyridine rings is 1. The number of fused-ring (bicyclic) bond motifs is 1. The van der Waals surface area contributed by atoms with Crippen LogP contribution in [-0.4, -0.2) is 8.96 Å². The molecule has 0 N–H and O–H groups in total. The summed E-state index contributed by atoms with van der Waals surface area (Å²) in [5, 5.41) is 0. The van der Waals surface area contributed by atoms with Crippen molar-refractivity contribution in [2.24, 2.45) is 0 Å². The van der Waals surface area contributed by atoms with Crippen molar-refractivity contribution in [3.05, 3.63) is 29.6 Å². The van der Waals surface area contributed by atoms with Gasteiger partial charge in [-0.05, 0) is 36.5 Å². The van der Waals surface area contributed by atoms with Crippen LogP contribution < -0.4 is 0 Å². The van der Waals surface area contributed by atoms with E-state index in [4.69, 9.17) is 11.6 Å². The molecule has 1 fully saturated rings. The van der Waals surface area contributed by atoms with Crippen LogP contribution in [0.1, 0.15) is 30.0 Å². The Bertz CT molecular complexity index is 536. The zero-order valence-corrected chi connectivity index (χ0v) is 12.2. The van der Waals surface area contributed by atoms with Crippen LogP contribution in [-0.2, 0) is 5.88 Å². The Morgan fingerprint density at radius 3 is 2.94 bits per heavy atom. The molecule has 1 saturated carbocycles. The Morgan fingerprint density at radius 1 is 1.50 bits per heavy atom. The highest BCUT2D eigenvalue weighted by molar-refractivity contribution is 14.2. The summed E-state index contributed by atoms with van der Waals surface area (Å²) in [6.07, 6.45) is 4.64. The molecule has 0 atom stereocenters. The lowest BCUT2D eigenvalue weighted by Crippen LogP contribution is -1.89. The highest BCUT2D eigenvalue weighted by Crippen LogP contribution is 2.41. The maximum Gasteiger partial charge on any atom is 0.0894 e. The van der Waals surface area contributed by atoms with E-state index in [-0.39, 0.29) is 0 Å². The first-order chi connectivity index (χ1) is 7.83. The molecule has 0 amide bonds. The molecule has 2 aromatic heterocycles. The average molecular weight is 365 g/mol. The quantitative estimate of drug-likeness (QED) is 0.589. The van der Waals surface area contributed by atoms with Gasteiger partial charge in [-0.25, -0.2) is 0 Å². The van der Waals surface area contributed by atoms with Crippen LogP contribution in [0.5, 0.6) is 0 Å². The molecule has 0 spiro atoms. The zero-order valence-electron chi connectivity index (χ0n) is 8.49. The Morgan fingerprint density at radius 2 is 2.31 bits per heavy atom. The van der Waals surface area contributed by atoms with E-state index in [2.05, 4.69) is 42.3 Å². The van der Waals surface area contributed by atoms with Gasteiger partial charge >= 0.3 is 0 Å². The first kappa shape index (κ1) is 11.2. The number of hydrogen-bond donors (Lipinski definition) is 0. The van der Waals surface area contributed by atoms with Gasteiger partial charge in [-0.3, -0.25) is 8.96 Å². The number of halogens is 2. The molecular formula is C11H10ClIN2S. The van der Waals surface area contributed by atoms with Gasteiger partial charge in [0.05, 0.1) is 16.9 Å². The first-order valence-corrected chi connectivity index (χ1v) is 9.04. The lowest BCUT2D eigenvalue weighted by molar-refractivity contribution is 1.10. The molecule has 2 aromatic rings. The van der Waals surface area contributed by atoms with E-state index in [1.54, 1.807) is 9.12 Å². The van der Waals surface area contributed by atoms with E-state index >= 15 is 0 Å². The first-order valence-electron chi connectivity index (χ1n) is 5.19. The van der Waals surface area contributed by atoms with E-state index in [0.717, 1.165) is 17.1 Å². The highest BCUT2D eigenvalue weighted by Gasteiger charge is 2.24. The van der Waals surface area contributed by atoms with Crippen molar-refractivity contribution < 1.29 is 0 Å². The maximum absolute atomic E-state index is 5.93.